The number of ether oxygens (including phenoxy) is 2. The van der Waals surface area contributed by atoms with Gasteiger partial charge in [-0.2, -0.15) is 0 Å². The molecule has 0 radical (unpaired) electrons. The second-order valence-electron chi connectivity index (χ2n) is 4.52. The minimum atomic E-state index is -0.643. The van der Waals surface area contributed by atoms with Gasteiger partial charge in [0.15, 0.2) is 0 Å². The number of hydrogen-bond donors (Lipinski definition) is 1. The van der Waals surface area contributed by atoms with Crippen LogP contribution in [0.4, 0.5) is 5.69 Å². The smallest absolute Gasteiger partial charge is 0.354 e. The normalized spacial score (nSPS) is 11.0. The molecule has 0 heterocycles. The van der Waals surface area contributed by atoms with E-state index in [0.717, 1.165) is 32.9 Å². The Morgan fingerprint density at radius 3 is 2.29 bits per heavy atom. The highest BCUT2D eigenvalue weighted by Gasteiger charge is 2.16. The molecule has 0 unspecified atom stereocenters. The summed E-state index contributed by atoms with van der Waals surface area (Å²) in [7, 11) is 2.49. The van der Waals surface area contributed by atoms with Crippen molar-refractivity contribution in [3.8, 4) is 0 Å². The molecule has 1 aromatic carbocycles. The second kappa shape index (κ2) is 7.26. The Labute approximate surface area is 132 Å². The van der Waals surface area contributed by atoms with E-state index in [4.69, 9.17) is 0 Å². The van der Waals surface area contributed by atoms with Crippen LogP contribution < -0.4 is 5.32 Å². The van der Waals surface area contributed by atoms with E-state index < -0.39 is 11.9 Å². The minimum absolute atomic E-state index is 0.0197. The van der Waals surface area contributed by atoms with Crippen molar-refractivity contribution in [1.82, 2.24) is 0 Å². The van der Waals surface area contributed by atoms with E-state index in [-0.39, 0.29) is 5.70 Å². The summed E-state index contributed by atoms with van der Waals surface area (Å²) in [5.74, 6) is -1.28. The van der Waals surface area contributed by atoms with E-state index in [2.05, 4.69) is 30.7 Å². The van der Waals surface area contributed by atoms with E-state index in [0.29, 0.717) is 0 Å². The number of aryl methyl sites for hydroxylation is 2. The van der Waals surface area contributed by atoms with Gasteiger partial charge in [0.05, 0.1) is 20.3 Å². The molecular weight excluding hydrogens is 338 g/mol. The Balaban J connectivity index is 3.28. The number of methoxy groups -OCH3 is 2. The van der Waals surface area contributed by atoms with Crippen LogP contribution >= 0.6 is 15.9 Å². The maximum absolute atomic E-state index is 11.8. The zero-order chi connectivity index (χ0) is 16.2. The number of nitrogens with one attached hydrogen (secondary N) is 1. The summed E-state index contributed by atoms with van der Waals surface area (Å²) >= 11 is 3.51. The van der Waals surface area contributed by atoms with Crippen molar-refractivity contribution in [2.24, 2.45) is 0 Å². The molecule has 0 aliphatic rings. The van der Waals surface area contributed by atoms with Crippen LogP contribution in [0.5, 0.6) is 0 Å². The number of esters is 2. The lowest BCUT2D eigenvalue weighted by Crippen LogP contribution is -2.16. The molecule has 21 heavy (non-hydrogen) atoms. The molecule has 0 saturated heterocycles. The fraction of sp³-hybridized carbons (Fsp3) is 0.333. The molecular formula is C15H18BrNO4. The highest BCUT2D eigenvalue weighted by atomic mass is 79.9. The lowest BCUT2D eigenvalue weighted by Gasteiger charge is -2.17. The number of carbonyl (C=O) groups is 2. The summed E-state index contributed by atoms with van der Waals surface area (Å²) in [4.78, 5) is 23.1. The lowest BCUT2D eigenvalue weighted by molar-refractivity contribution is -0.138. The average Bonchev–Trinajstić information content (AvgIpc) is 2.46. The molecule has 1 rings (SSSR count). The number of carbonyl (C=O) groups excluding carboxylic acids is 2. The SMILES string of the molecule is COC(=O)/C=C(/Nc1c(C)cc(C)c(Br)c1C)C(=O)OC. The van der Waals surface area contributed by atoms with Crippen molar-refractivity contribution >= 4 is 33.6 Å². The largest absolute Gasteiger partial charge is 0.466 e. The highest BCUT2D eigenvalue weighted by Crippen LogP contribution is 2.31. The van der Waals surface area contributed by atoms with Gasteiger partial charge < -0.3 is 14.8 Å². The van der Waals surface area contributed by atoms with E-state index in [1.807, 2.05) is 26.8 Å². The average molecular weight is 356 g/mol. The molecule has 0 aliphatic carbocycles. The van der Waals surface area contributed by atoms with Crippen molar-refractivity contribution in [3.05, 3.63) is 39.0 Å². The second-order valence-corrected chi connectivity index (χ2v) is 5.32. The monoisotopic (exact) mass is 355 g/mol. The Bertz CT molecular complexity index is 608. The summed E-state index contributed by atoms with van der Waals surface area (Å²) < 4.78 is 10.2. The first-order valence-corrected chi connectivity index (χ1v) is 7.02. The molecule has 114 valence electrons. The summed E-state index contributed by atoms with van der Waals surface area (Å²) in [6.45, 7) is 5.82. The quantitative estimate of drug-likeness (QED) is 0.664. The van der Waals surface area contributed by atoms with Crippen LogP contribution in [0.25, 0.3) is 0 Å². The summed E-state index contributed by atoms with van der Waals surface area (Å²) in [6, 6.07) is 1.98. The number of hydrogen-bond acceptors (Lipinski definition) is 5. The van der Waals surface area contributed by atoms with Crippen molar-refractivity contribution in [1.29, 1.82) is 0 Å². The fourth-order valence-electron chi connectivity index (χ4n) is 1.92. The third-order valence-electron chi connectivity index (χ3n) is 3.01. The first kappa shape index (κ1) is 17.2. The molecule has 0 amide bonds. The maximum atomic E-state index is 11.8. The van der Waals surface area contributed by atoms with Gasteiger partial charge in [-0.25, -0.2) is 9.59 Å². The van der Waals surface area contributed by atoms with Gasteiger partial charge in [-0.3, -0.25) is 0 Å². The molecule has 0 aliphatic heterocycles. The van der Waals surface area contributed by atoms with Crippen LogP contribution in [0.2, 0.25) is 0 Å². The topological polar surface area (TPSA) is 64.6 Å². The van der Waals surface area contributed by atoms with E-state index in [1.54, 1.807) is 0 Å². The van der Waals surface area contributed by atoms with Crippen LogP contribution in [0.3, 0.4) is 0 Å². The Morgan fingerprint density at radius 2 is 1.76 bits per heavy atom. The van der Waals surface area contributed by atoms with Crippen LogP contribution in [-0.2, 0) is 19.1 Å². The van der Waals surface area contributed by atoms with Crippen LogP contribution in [-0.4, -0.2) is 26.2 Å². The number of halogens is 1. The van der Waals surface area contributed by atoms with Crippen LogP contribution in [0, 0.1) is 20.8 Å². The Hall–Kier alpha value is -1.82. The first-order valence-electron chi connectivity index (χ1n) is 6.23. The molecule has 1 N–H and O–H groups in total. The molecule has 0 atom stereocenters. The third-order valence-corrected chi connectivity index (χ3v) is 4.23. The zero-order valence-electron chi connectivity index (χ0n) is 12.7. The molecule has 1 aromatic rings. The van der Waals surface area contributed by atoms with Gasteiger partial charge in [-0.05, 0) is 37.5 Å². The van der Waals surface area contributed by atoms with E-state index >= 15 is 0 Å². The zero-order valence-corrected chi connectivity index (χ0v) is 14.3. The lowest BCUT2D eigenvalue weighted by atomic mass is 10.0. The van der Waals surface area contributed by atoms with Crippen molar-refractivity contribution < 1.29 is 19.1 Å². The molecule has 0 bridgehead atoms. The Kier molecular flexibility index (Phi) is 5.96. The molecule has 0 spiro atoms. The molecule has 0 saturated carbocycles. The minimum Gasteiger partial charge on any atom is -0.466 e. The van der Waals surface area contributed by atoms with Gasteiger partial charge in [-0.15, -0.1) is 0 Å². The van der Waals surface area contributed by atoms with Gasteiger partial charge in [-0.1, -0.05) is 22.0 Å². The van der Waals surface area contributed by atoms with Crippen LogP contribution in [0.1, 0.15) is 16.7 Å². The van der Waals surface area contributed by atoms with E-state index in [9.17, 15) is 9.59 Å². The van der Waals surface area contributed by atoms with Gasteiger partial charge in [0.1, 0.15) is 5.70 Å². The standard InChI is InChI=1S/C15H18BrNO4/c1-8-6-9(2)14(10(3)13(8)16)17-11(15(19)21-5)7-12(18)20-4/h6-7,17H,1-5H3/b11-7+. The van der Waals surface area contributed by atoms with Gasteiger partial charge in [0, 0.05) is 10.2 Å². The number of benzene rings is 1. The molecule has 6 heteroatoms. The molecule has 0 aromatic heterocycles. The van der Waals surface area contributed by atoms with Gasteiger partial charge in [0.2, 0.25) is 0 Å². The van der Waals surface area contributed by atoms with Crippen molar-refractivity contribution in [3.63, 3.8) is 0 Å². The summed E-state index contributed by atoms with van der Waals surface area (Å²) in [6.07, 6.45) is 1.07. The van der Waals surface area contributed by atoms with Crippen molar-refractivity contribution in [2.75, 3.05) is 19.5 Å². The molecule has 5 nitrogen and oxygen atoms in total. The maximum Gasteiger partial charge on any atom is 0.354 e. The van der Waals surface area contributed by atoms with Gasteiger partial charge >= 0.3 is 11.9 Å². The first-order chi connectivity index (χ1) is 9.81. The number of anilines is 1. The summed E-state index contributed by atoms with van der Waals surface area (Å²) in [5.41, 5.74) is 3.74. The fourth-order valence-corrected chi connectivity index (χ4v) is 2.23. The third kappa shape index (κ3) is 4.07. The predicted molar refractivity (Wildman–Crippen MR) is 84.1 cm³/mol. The number of rotatable bonds is 4. The highest BCUT2D eigenvalue weighted by molar-refractivity contribution is 9.10. The summed E-state index contributed by atoms with van der Waals surface area (Å²) in [5, 5.41) is 2.96. The van der Waals surface area contributed by atoms with Crippen molar-refractivity contribution in [2.45, 2.75) is 20.8 Å². The van der Waals surface area contributed by atoms with Gasteiger partial charge in [0.25, 0.3) is 0 Å². The predicted octanol–water partition coefficient (Wildman–Crippen LogP) is 3.02. The molecule has 0 fully saturated rings. The van der Waals surface area contributed by atoms with E-state index in [1.165, 1.54) is 14.2 Å². The Morgan fingerprint density at radius 1 is 1.14 bits per heavy atom. The van der Waals surface area contributed by atoms with Crippen LogP contribution in [0.15, 0.2) is 22.3 Å².